The molecule has 12 nitrogen and oxygen atoms in total. The highest BCUT2D eigenvalue weighted by Crippen LogP contribution is 2.55. The van der Waals surface area contributed by atoms with E-state index >= 15 is 0 Å². The Hall–Kier alpha value is -1.92. The van der Waals surface area contributed by atoms with Crippen LogP contribution in [0.5, 0.6) is 0 Å². The predicted molar refractivity (Wildman–Crippen MR) is 127 cm³/mol. The van der Waals surface area contributed by atoms with Gasteiger partial charge in [0.1, 0.15) is 23.5 Å². The third-order valence-corrected chi connectivity index (χ3v) is 9.20. The Bertz CT molecular complexity index is 1350. The first-order valence-corrected chi connectivity index (χ1v) is 14.7. The van der Waals surface area contributed by atoms with E-state index in [2.05, 4.69) is 15.4 Å². The molecule has 0 amide bonds. The van der Waals surface area contributed by atoms with Crippen molar-refractivity contribution in [1.29, 1.82) is 0 Å². The lowest BCUT2D eigenvalue weighted by atomic mass is 10.1. The van der Waals surface area contributed by atoms with Crippen LogP contribution >= 0.6 is 26.8 Å². The standard InChI is InChI=1S/C20H24ClFN4O8P2/c1-11(12-4-2-3-5-13(12)22)24-14-6-19(21)25-26-15(14)8-23-20(26)17-7-16(27)18(34-17)9-33-36(31,32)10-35(28,29)30/h2-6,8,11,16-18,24,27H,7,9-10H2,1H3,(H,31,32)(H2,28,29,30)/t11-,16-,17+,18+/m0/s1. The maximum atomic E-state index is 14.2. The van der Waals surface area contributed by atoms with Crippen molar-refractivity contribution in [1.82, 2.24) is 14.6 Å². The molecule has 0 bridgehead atoms. The zero-order valence-electron chi connectivity index (χ0n) is 18.8. The first kappa shape index (κ1) is 27.1. The van der Waals surface area contributed by atoms with Gasteiger partial charge in [-0.15, -0.1) is 0 Å². The number of halogens is 2. The Morgan fingerprint density at radius 3 is 2.75 bits per heavy atom. The molecule has 1 aliphatic heterocycles. The van der Waals surface area contributed by atoms with Gasteiger partial charge in [-0.2, -0.15) is 5.10 Å². The van der Waals surface area contributed by atoms with Gasteiger partial charge in [0.05, 0.1) is 30.6 Å². The number of imidazole rings is 1. The minimum atomic E-state index is -4.79. The van der Waals surface area contributed by atoms with E-state index in [-0.39, 0.29) is 23.2 Å². The molecule has 36 heavy (non-hydrogen) atoms. The lowest BCUT2D eigenvalue weighted by Gasteiger charge is -2.18. The first-order chi connectivity index (χ1) is 16.8. The van der Waals surface area contributed by atoms with Gasteiger partial charge in [0, 0.05) is 18.1 Å². The van der Waals surface area contributed by atoms with Crippen LogP contribution in [0, 0.1) is 5.82 Å². The Morgan fingerprint density at radius 1 is 1.33 bits per heavy atom. The van der Waals surface area contributed by atoms with E-state index in [4.69, 9.17) is 30.6 Å². The number of hydrogen-bond acceptors (Lipinski definition) is 8. The molecule has 1 unspecified atom stereocenters. The summed E-state index contributed by atoms with van der Waals surface area (Å²) in [6.07, 6.45) is -1.41. The first-order valence-electron chi connectivity index (χ1n) is 10.7. The van der Waals surface area contributed by atoms with Crippen LogP contribution in [0.1, 0.15) is 36.9 Å². The number of nitrogens with one attached hydrogen (secondary N) is 1. The summed E-state index contributed by atoms with van der Waals surface area (Å²) >= 11 is 6.22. The fourth-order valence-electron chi connectivity index (χ4n) is 3.95. The van der Waals surface area contributed by atoms with Crippen LogP contribution in [0.15, 0.2) is 36.5 Å². The zero-order chi connectivity index (χ0) is 26.3. The van der Waals surface area contributed by atoms with Crippen molar-refractivity contribution in [2.75, 3.05) is 17.8 Å². The molecule has 0 radical (unpaired) electrons. The van der Waals surface area contributed by atoms with Gasteiger partial charge in [-0.05, 0) is 13.0 Å². The second-order valence-electron chi connectivity index (χ2n) is 8.39. The van der Waals surface area contributed by atoms with Crippen molar-refractivity contribution in [3.8, 4) is 0 Å². The Labute approximate surface area is 209 Å². The molecule has 1 aliphatic rings. The highest BCUT2D eigenvalue weighted by Gasteiger charge is 2.40. The monoisotopic (exact) mass is 564 g/mol. The zero-order valence-corrected chi connectivity index (χ0v) is 21.4. The number of hydrogen-bond donors (Lipinski definition) is 5. The molecule has 3 aromatic rings. The summed E-state index contributed by atoms with van der Waals surface area (Å²) in [5.41, 5.74) is 1.49. The average molecular weight is 565 g/mol. The largest absolute Gasteiger partial charge is 0.390 e. The molecule has 1 aromatic carbocycles. The molecular formula is C20H24ClFN4O8P2. The summed E-state index contributed by atoms with van der Waals surface area (Å²) in [5, 5.41) is 17.9. The van der Waals surface area contributed by atoms with Crippen molar-refractivity contribution in [3.63, 3.8) is 0 Å². The molecular weight excluding hydrogens is 541 g/mol. The minimum Gasteiger partial charge on any atom is -0.390 e. The molecule has 4 rings (SSSR count). The molecule has 16 heteroatoms. The van der Waals surface area contributed by atoms with E-state index in [1.54, 1.807) is 31.2 Å². The van der Waals surface area contributed by atoms with Crippen LogP contribution in [0.25, 0.3) is 5.52 Å². The smallest absolute Gasteiger partial charge is 0.340 e. The van der Waals surface area contributed by atoms with E-state index in [0.717, 1.165) is 0 Å². The minimum absolute atomic E-state index is 0.0456. The maximum absolute atomic E-state index is 14.2. The number of rotatable bonds is 9. The third kappa shape index (κ3) is 6.31. The van der Waals surface area contributed by atoms with E-state index in [1.165, 1.54) is 16.8 Å². The number of ether oxygens (including phenoxy) is 1. The van der Waals surface area contributed by atoms with Gasteiger partial charge in [0.2, 0.25) is 0 Å². The van der Waals surface area contributed by atoms with E-state index in [9.17, 15) is 23.5 Å². The highest BCUT2D eigenvalue weighted by atomic mass is 35.5. The molecule has 1 fully saturated rings. The topological polar surface area (TPSA) is 176 Å². The molecule has 2 aromatic heterocycles. The van der Waals surface area contributed by atoms with E-state index in [0.29, 0.717) is 16.8 Å². The average Bonchev–Trinajstić information content (AvgIpc) is 3.34. The van der Waals surface area contributed by atoms with Crippen LogP contribution in [0.2, 0.25) is 5.15 Å². The van der Waals surface area contributed by atoms with Gasteiger partial charge in [-0.1, -0.05) is 29.8 Å². The van der Waals surface area contributed by atoms with Crippen LogP contribution in [0.3, 0.4) is 0 Å². The maximum Gasteiger partial charge on any atom is 0.340 e. The van der Waals surface area contributed by atoms with Gasteiger partial charge in [0.15, 0.2) is 16.9 Å². The summed E-state index contributed by atoms with van der Waals surface area (Å²) in [6, 6.07) is 7.51. The van der Waals surface area contributed by atoms with Crippen molar-refractivity contribution in [2.45, 2.75) is 37.7 Å². The molecule has 5 N–H and O–H groups in total. The van der Waals surface area contributed by atoms with E-state index in [1.807, 2.05) is 0 Å². The van der Waals surface area contributed by atoms with Gasteiger partial charge in [-0.25, -0.2) is 13.9 Å². The number of benzene rings is 1. The van der Waals surface area contributed by atoms with Crippen molar-refractivity contribution >= 4 is 38.0 Å². The quantitative estimate of drug-likeness (QED) is 0.241. The summed E-state index contributed by atoms with van der Waals surface area (Å²) in [6.45, 7) is 1.21. The number of nitrogens with zero attached hydrogens (tertiary/aromatic N) is 3. The molecule has 5 atom stereocenters. The number of anilines is 1. The van der Waals surface area contributed by atoms with E-state index < -0.39 is 52.1 Å². The van der Waals surface area contributed by atoms with Crippen LogP contribution in [-0.2, 0) is 18.4 Å². The fraction of sp³-hybridized carbons (Fsp3) is 0.400. The molecule has 0 saturated carbocycles. The molecule has 1 saturated heterocycles. The highest BCUT2D eigenvalue weighted by molar-refractivity contribution is 7.70. The normalized spacial score (nSPS) is 23.0. The second kappa shape index (κ2) is 10.4. The molecule has 196 valence electrons. The van der Waals surface area contributed by atoms with Crippen LogP contribution in [0.4, 0.5) is 10.1 Å². The Balaban J connectivity index is 1.52. The van der Waals surface area contributed by atoms with Crippen molar-refractivity contribution in [2.24, 2.45) is 0 Å². The van der Waals surface area contributed by atoms with Crippen LogP contribution in [-0.4, -0.2) is 59.1 Å². The molecule has 3 heterocycles. The van der Waals surface area contributed by atoms with Crippen molar-refractivity contribution in [3.05, 3.63) is 58.9 Å². The molecule has 0 spiro atoms. The Morgan fingerprint density at radius 2 is 2.06 bits per heavy atom. The summed E-state index contributed by atoms with van der Waals surface area (Å²) in [4.78, 5) is 31.8. The van der Waals surface area contributed by atoms with Gasteiger partial charge >= 0.3 is 15.2 Å². The van der Waals surface area contributed by atoms with Crippen LogP contribution < -0.4 is 5.32 Å². The Kier molecular flexibility index (Phi) is 7.87. The number of aromatic nitrogens is 3. The van der Waals surface area contributed by atoms with Crippen molar-refractivity contribution < 1.29 is 42.6 Å². The predicted octanol–water partition coefficient (Wildman–Crippen LogP) is 3.22. The lowest BCUT2D eigenvalue weighted by Crippen LogP contribution is -2.26. The number of aliphatic hydroxyl groups is 1. The summed E-state index contributed by atoms with van der Waals surface area (Å²) in [5.74, 6) is -1.42. The summed E-state index contributed by atoms with van der Waals surface area (Å²) in [7, 11) is -9.40. The summed E-state index contributed by atoms with van der Waals surface area (Å²) < 4.78 is 49.1. The second-order valence-corrected chi connectivity index (χ2v) is 12.8. The lowest BCUT2D eigenvalue weighted by molar-refractivity contribution is -0.0209. The number of aliphatic hydroxyl groups excluding tert-OH is 1. The van der Waals surface area contributed by atoms with Gasteiger partial charge in [0.25, 0.3) is 0 Å². The van der Waals surface area contributed by atoms with Gasteiger partial charge in [-0.3, -0.25) is 9.13 Å². The fourth-order valence-corrected chi connectivity index (χ4v) is 6.70. The third-order valence-electron chi connectivity index (χ3n) is 5.56. The van der Waals surface area contributed by atoms with Gasteiger partial charge < -0.3 is 34.4 Å². The number of fused-ring (bicyclic) bond motifs is 1. The SMILES string of the molecule is C[C@H](Nc1cc(Cl)nn2c([C@H]3C[C@H](O)[C@@H](COP(=O)(O)CP(=O)(O)O)O3)ncc12)c1ccccc1F. The molecule has 0 aliphatic carbocycles.